The van der Waals surface area contributed by atoms with Gasteiger partial charge in [0.1, 0.15) is 5.75 Å². The molecule has 1 aliphatic carbocycles. The van der Waals surface area contributed by atoms with Crippen LogP contribution in [0.3, 0.4) is 0 Å². The largest absolute Gasteiger partial charge is 0.454 e. The van der Waals surface area contributed by atoms with Gasteiger partial charge in [-0.05, 0) is 43.5 Å². The zero-order chi connectivity index (χ0) is 22.0. The normalized spacial score (nSPS) is 19.0. The number of carbonyl (C=O) groups excluding carboxylic acids is 1. The Morgan fingerprint density at radius 2 is 1.87 bits per heavy atom. The molecule has 2 aromatic rings. The second-order valence-corrected chi connectivity index (χ2v) is 8.17. The van der Waals surface area contributed by atoms with E-state index in [1.807, 2.05) is 6.92 Å². The molecule has 0 atom stereocenters. The summed E-state index contributed by atoms with van der Waals surface area (Å²) in [4.78, 5) is 23.0. The van der Waals surface area contributed by atoms with Crippen LogP contribution in [0.15, 0.2) is 30.6 Å². The number of hydrogen-bond donors (Lipinski definition) is 1. The third kappa shape index (κ3) is 5.10. The molecule has 1 aromatic heterocycles. The zero-order valence-electron chi connectivity index (χ0n) is 17.6. The highest BCUT2D eigenvalue weighted by atomic mass is 19.3. The Kier molecular flexibility index (Phi) is 6.04. The summed E-state index contributed by atoms with van der Waals surface area (Å²) in [7, 11) is 1.74. The molecule has 1 amide bonds. The molecule has 0 bridgehead atoms. The third-order valence-corrected chi connectivity index (χ3v) is 5.80. The number of hydrogen-bond acceptors (Lipinski definition) is 6. The molecule has 0 radical (unpaired) electrons. The molecule has 2 fully saturated rings. The number of piperidine rings is 1. The zero-order valence-corrected chi connectivity index (χ0v) is 17.6. The molecule has 166 valence electrons. The molecule has 4 rings (SSSR count). The Balaban J connectivity index is 1.33. The predicted molar refractivity (Wildman–Crippen MR) is 112 cm³/mol. The second kappa shape index (κ2) is 8.74. The molecule has 1 aromatic carbocycles. The van der Waals surface area contributed by atoms with Crippen molar-refractivity contribution in [2.45, 2.75) is 44.6 Å². The van der Waals surface area contributed by atoms with Crippen molar-refractivity contribution in [2.24, 2.45) is 5.92 Å². The van der Waals surface area contributed by atoms with Gasteiger partial charge in [0.2, 0.25) is 17.8 Å². The Labute approximate surface area is 179 Å². The number of aryl methyl sites for hydroxylation is 1. The van der Waals surface area contributed by atoms with Gasteiger partial charge in [-0.3, -0.25) is 4.79 Å². The number of aromatic nitrogens is 2. The number of methoxy groups -OCH3 is 1. The average Bonchev–Trinajstić information content (AvgIpc) is 2.74. The van der Waals surface area contributed by atoms with Crippen LogP contribution >= 0.6 is 0 Å². The summed E-state index contributed by atoms with van der Waals surface area (Å²) < 4.78 is 37.2. The number of nitrogens with one attached hydrogen (secondary N) is 1. The van der Waals surface area contributed by atoms with Crippen molar-refractivity contribution < 1.29 is 23.0 Å². The summed E-state index contributed by atoms with van der Waals surface area (Å²) in [5.74, 6) is -1.95. The van der Waals surface area contributed by atoms with Gasteiger partial charge in [-0.25, -0.2) is 18.7 Å². The molecule has 2 heterocycles. The molecule has 9 heteroatoms. The number of ether oxygens (including phenoxy) is 2. The first-order valence-electron chi connectivity index (χ1n) is 10.4. The van der Waals surface area contributed by atoms with E-state index in [9.17, 15) is 13.6 Å². The Morgan fingerprint density at radius 1 is 1.19 bits per heavy atom. The van der Waals surface area contributed by atoms with Gasteiger partial charge in [-0.15, -0.1) is 0 Å². The maximum absolute atomic E-state index is 13.0. The lowest BCUT2D eigenvalue weighted by molar-refractivity contribution is -0.145. The van der Waals surface area contributed by atoms with Crippen molar-refractivity contribution in [3.05, 3.63) is 36.2 Å². The third-order valence-electron chi connectivity index (χ3n) is 5.80. The number of halogens is 2. The van der Waals surface area contributed by atoms with Crippen molar-refractivity contribution in [3.63, 3.8) is 0 Å². The number of amides is 1. The average molecular weight is 432 g/mol. The van der Waals surface area contributed by atoms with Gasteiger partial charge in [0.05, 0.1) is 18.5 Å². The van der Waals surface area contributed by atoms with E-state index in [0.29, 0.717) is 29.2 Å². The fraction of sp³-hybridized carbons (Fsp3) is 0.500. The van der Waals surface area contributed by atoms with E-state index in [0.717, 1.165) is 31.5 Å². The second-order valence-electron chi connectivity index (χ2n) is 8.17. The molecule has 7 nitrogen and oxygen atoms in total. The van der Waals surface area contributed by atoms with Crippen molar-refractivity contribution in [3.8, 4) is 11.5 Å². The molecule has 1 aliphatic heterocycles. The number of alkyl halides is 2. The summed E-state index contributed by atoms with van der Waals surface area (Å²) in [5.41, 5.74) is 1.35. The highest BCUT2D eigenvalue weighted by Crippen LogP contribution is 2.42. The van der Waals surface area contributed by atoms with Gasteiger partial charge in [-0.2, -0.15) is 0 Å². The molecule has 2 aliphatic rings. The number of nitrogens with zero attached hydrogens (tertiary/aromatic N) is 3. The van der Waals surface area contributed by atoms with Crippen LogP contribution in [-0.4, -0.2) is 48.1 Å². The molecule has 31 heavy (non-hydrogen) atoms. The highest BCUT2D eigenvalue weighted by molar-refractivity contribution is 5.93. The van der Waals surface area contributed by atoms with E-state index in [-0.39, 0.29) is 18.7 Å². The van der Waals surface area contributed by atoms with Gasteiger partial charge < -0.3 is 19.7 Å². The summed E-state index contributed by atoms with van der Waals surface area (Å²) >= 11 is 0. The van der Waals surface area contributed by atoms with Crippen molar-refractivity contribution in [1.82, 2.24) is 9.97 Å². The summed E-state index contributed by atoms with van der Waals surface area (Å²) in [6.07, 6.45) is 4.68. The standard InChI is InChI=1S/C22H26F2N4O3/c1-14-9-16(27-20(29)15-10-22(23,24)11-15)3-4-19(14)31-18-12-25-21(26-13-18)28-7-5-17(30-2)6-8-28/h3-4,9,12-13,15,17H,5-8,10-11H2,1-2H3,(H,27,29). The van der Waals surface area contributed by atoms with Gasteiger partial charge in [0.15, 0.2) is 5.75 Å². The van der Waals surface area contributed by atoms with E-state index < -0.39 is 11.8 Å². The van der Waals surface area contributed by atoms with Crippen LogP contribution in [0.25, 0.3) is 0 Å². The maximum atomic E-state index is 13.0. The van der Waals surface area contributed by atoms with Crippen LogP contribution in [0, 0.1) is 12.8 Å². The lowest BCUT2D eigenvalue weighted by atomic mass is 9.81. The molecule has 0 spiro atoms. The smallest absolute Gasteiger partial charge is 0.249 e. The minimum Gasteiger partial charge on any atom is -0.454 e. The monoisotopic (exact) mass is 432 g/mol. The Bertz CT molecular complexity index is 923. The van der Waals surface area contributed by atoms with E-state index >= 15 is 0 Å². The van der Waals surface area contributed by atoms with E-state index in [2.05, 4.69) is 20.2 Å². The van der Waals surface area contributed by atoms with Crippen LogP contribution in [0.5, 0.6) is 11.5 Å². The quantitative estimate of drug-likeness (QED) is 0.738. The van der Waals surface area contributed by atoms with E-state index in [4.69, 9.17) is 9.47 Å². The van der Waals surface area contributed by atoms with Crippen LogP contribution in [0.2, 0.25) is 0 Å². The summed E-state index contributed by atoms with van der Waals surface area (Å²) in [5, 5.41) is 2.70. The van der Waals surface area contributed by atoms with Crippen LogP contribution in [0.4, 0.5) is 20.4 Å². The van der Waals surface area contributed by atoms with Crippen LogP contribution in [-0.2, 0) is 9.53 Å². The lowest BCUT2D eigenvalue weighted by Crippen LogP contribution is -2.42. The first-order chi connectivity index (χ1) is 14.8. The fourth-order valence-corrected chi connectivity index (χ4v) is 3.88. The van der Waals surface area contributed by atoms with Crippen LogP contribution < -0.4 is 15.0 Å². The number of carbonyl (C=O) groups is 1. The number of rotatable bonds is 6. The van der Waals surface area contributed by atoms with Gasteiger partial charge >= 0.3 is 0 Å². The van der Waals surface area contributed by atoms with Crippen molar-refractivity contribution in [2.75, 3.05) is 30.4 Å². The predicted octanol–water partition coefficient (Wildman–Crippen LogP) is 4.18. The van der Waals surface area contributed by atoms with E-state index in [1.54, 1.807) is 37.7 Å². The molecule has 1 saturated heterocycles. The maximum Gasteiger partial charge on any atom is 0.249 e. The van der Waals surface area contributed by atoms with E-state index in [1.165, 1.54) is 0 Å². The fourth-order valence-electron chi connectivity index (χ4n) is 3.88. The van der Waals surface area contributed by atoms with Crippen LogP contribution in [0.1, 0.15) is 31.2 Å². The lowest BCUT2D eigenvalue weighted by Gasteiger charge is -2.33. The molecule has 1 N–H and O–H groups in total. The van der Waals surface area contributed by atoms with Gasteiger partial charge in [0, 0.05) is 44.6 Å². The molecular formula is C22H26F2N4O3. The minimum absolute atomic E-state index is 0.296. The van der Waals surface area contributed by atoms with Crippen molar-refractivity contribution >= 4 is 17.5 Å². The Hall–Kier alpha value is -2.81. The first kappa shape index (κ1) is 21.4. The summed E-state index contributed by atoms with van der Waals surface area (Å²) in [6.45, 7) is 3.55. The Morgan fingerprint density at radius 3 is 2.45 bits per heavy atom. The summed E-state index contributed by atoms with van der Waals surface area (Å²) in [6, 6.07) is 5.16. The molecular weight excluding hydrogens is 406 g/mol. The van der Waals surface area contributed by atoms with Crippen molar-refractivity contribution in [1.29, 1.82) is 0 Å². The highest BCUT2D eigenvalue weighted by Gasteiger charge is 2.48. The van der Waals surface area contributed by atoms with Gasteiger partial charge in [-0.1, -0.05) is 0 Å². The number of anilines is 2. The minimum atomic E-state index is -2.71. The van der Waals surface area contributed by atoms with Gasteiger partial charge in [0.25, 0.3) is 0 Å². The first-order valence-corrected chi connectivity index (χ1v) is 10.4. The molecule has 1 saturated carbocycles. The molecule has 0 unspecified atom stereocenters. The SMILES string of the molecule is COC1CCN(c2ncc(Oc3ccc(NC(=O)C4CC(F)(F)C4)cc3C)cn2)CC1. The topological polar surface area (TPSA) is 76.6 Å². The number of benzene rings is 1.